The molecule has 1 aliphatic heterocycles. The Bertz CT molecular complexity index is 1470. The van der Waals surface area contributed by atoms with Crippen molar-refractivity contribution in [1.29, 1.82) is 0 Å². The smallest absolute Gasteiger partial charge is 0.347 e. The van der Waals surface area contributed by atoms with Gasteiger partial charge in [-0.05, 0) is 67.7 Å². The summed E-state index contributed by atoms with van der Waals surface area (Å²) < 4.78 is 30.3. The number of carbonyl (C=O) groups excluding carboxylic acids is 4. The van der Waals surface area contributed by atoms with E-state index in [0.29, 0.717) is 16.3 Å². The van der Waals surface area contributed by atoms with Crippen molar-refractivity contribution < 1.29 is 37.8 Å². The predicted octanol–water partition coefficient (Wildman–Crippen LogP) is 5.84. The third-order valence-electron chi connectivity index (χ3n) is 7.70. The number of ether oxygens (including phenoxy) is 3. The number of nitrogens with one attached hydrogen (secondary N) is 2. The van der Waals surface area contributed by atoms with Crippen molar-refractivity contribution in [2.75, 3.05) is 13.7 Å². The molecule has 1 heterocycles. The van der Waals surface area contributed by atoms with Gasteiger partial charge in [-0.3, -0.25) is 14.4 Å². The van der Waals surface area contributed by atoms with Crippen LogP contribution in [-0.2, 0) is 35.1 Å². The lowest BCUT2D eigenvalue weighted by molar-refractivity contribution is -0.178. The SMILES string of the molecule is COc1ccc(C[C@H]2NC(=O)/C=C/CC([C@H](C)/C=C/c3ccc(F)cc3)OC(=O)[C@H](CC(C)C)OC(=O)C(C)(C)CNC2=O)cc1Cl. The van der Waals surface area contributed by atoms with E-state index in [2.05, 4.69) is 10.6 Å². The van der Waals surface area contributed by atoms with Crippen LogP contribution in [0.3, 0.4) is 0 Å². The number of cyclic esters (lactones) is 2. The van der Waals surface area contributed by atoms with Crippen LogP contribution in [0.25, 0.3) is 6.08 Å². The summed E-state index contributed by atoms with van der Waals surface area (Å²) in [6, 6.07) is 10.0. The fraction of sp³-hybridized carbons (Fsp3) is 0.444. The highest BCUT2D eigenvalue weighted by molar-refractivity contribution is 6.32. The molecule has 11 heteroatoms. The Hall–Kier alpha value is -4.18. The van der Waals surface area contributed by atoms with Gasteiger partial charge in [0.25, 0.3) is 0 Å². The molecule has 1 unspecified atom stereocenters. The number of carbonyl (C=O) groups is 4. The Morgan fingerprint density at radius 1 is 1.06 bits per heavy atom. The topological polar surface area (TPSA) is 120 Å². The first-order valence-corrected chi connectivity index (χ1v) is 16.0. The van der Waals surface area contributed by atoms with E-state index in [4.69, 9.17) is 25.8 Å². The molecule has 4 atom stereocenters. The van der Waals surface area contributed by atoms with Gasteiger partial charge in [0.05, 0.1) is 17.5 Å². The second kappa shape index (κ2) is 17.1. The first kappa shape index (κ1) is 37.3. The van der Waals surface area contributed by atoms with Crippen LogP contribution in [0.1, 0.15) is 58.6 Å². The Morgan fingerprint density at radius 3 is 2.40 bits per heavy atom. The number of rotatable bonds is 8. The van der Waals surface area contributed by atoms with Crippen molar-refractivity contribution in [2.45, 2.75) is 72.1 Å². The van der Waals surface area contributed by atoms with Crippen molar-refractivity contribution >= 4 is 41.4 Å². The van der Waals surface area contributed by atoms with E-state index in [0.717, 1.165) is 5.56 Å². The Balaban J connectivity index is 1.93. The van der Waals surface area contributed by atoms with Gasteiger partial charge in [-0.15, -0.1) is 0 Å². The minimum absolute atomic E-state index is 0.00110. The third kappa shape index (κ3) is 11.5. The van der Waals surface area contributed by atoms with Crippen LogP contribution in [0.5, 0.6) is 5.75 Å². The molecule has 0 saturated heterocycles. The summed E-state index contributed by atoms with van der Waals surface area (Å²) in [6.07, 6.45) is 5.03. The zero-order chi connectivity index (χ0) is 34.7. The van der Waals surface area contributed by atoms with E-state index < -0.39 is 47.4 Å². The summed E-state index contributed by atoms with van der Waals surface area (Å²) in [7, 11) is 1.49. The van der Waals surface area contributed by atoms with Crippen LogP contribution in [0.4, 0.5) is 4.39 Å². The molecular formula is C36H44ClFN2O7. The fourth-order valence-electron chi connectivity index (χ4n) is 4.78. The molecule has 0 fully saturated rings. The first-order valence-electron chi connectivity index (χ1n) is 15.6. The van der Waals surface area contributed by atoms with E-state index >= 15 is 0 Å². The Kier molecular flexibility index (Phi) is 13.6. The number of hydrogen-bond donors (Lipinski definition) is 2. The van der Waals surface area contributed by atoms with Gasteiger partial charge in [-0.1, -0.05) is 68.8 Å². The normalized spacial score (nSPS) is 22.6. The maximum absolute atomic E-state index is 13.5. The van der Waals surface area contributed by atoms with Gasteiger partial charge in [0.2, 0.25) is 11.8 Å². The monoisotopic (exact) mass is 670 g/mol. The average Bonchev–Trinajstić information content (AvgIpc) is 3.01. The van der Waals surface area contributed by atoms with Crippen LogP contribution < -0.4 is 15.4 Å². The summed E-state index contributed by atoms with van der Waals surface area (Å²) in [4.78, 5) is 53.3. The van der Waals surface area contributed by atoms with E-state index in [1.165, 1.54) is 25.3 Å². The van der Waals surface area contributed by atoms with Gasteiger partial charge in [0.15, 0.2) is 6.10 Å². The van der Waals surface area contributed by atoms with Crippen molar-refractivity contribution in [3.63, 3.8) is 0 Å². The minimum Gasteiger partial charge on any atom is -0.495 e. The number of benzene rings is 2. The molecule has 2 aromatic rings. The molecule has 47 heavy (non-hydrogen) atoms. The molecule has 1 aliphatic rings. The van der Waals surface area contributed by atoms with Gasteiger partial charge in [0.1, 0.15) is 23.7 Å². The highest BCUT2D eigenvalue weighted by Crippen LogP contribution is 2.26. The van der Waals surface area contributed by atoms with E-state index in [1.54, 1.807) is 56.3 Å². The van der Waals surface area contributed by atoms with Gasteiger partial charge in [-0.25, -0.2) is 9.18 Å². The van der Waals surface area contributed by atoms with Crippen LogP contribution >= 0.6 is 11.6 Å². The van der Waals surface area contributed by atoms with Crippen LogP contribution in [0, 0.1) is 23.1 Å². The molecule has 2 N–H and O–H groups in total. The standard InChI is InChI=1S/C36H44ClFN2O7/c1-22(2)18-31-34(43)46-29(23(3)10-11-24-12-15-26(38)16-13-24)8-7-9-32(41)40-28(20-25-14-17-30(45-6)27(37)19-25)33(42)39-21-36(4,5)35(44)47-31/h7,9-17,19,22-23,28-29,31H,8,18,20-21H2,1-6H3,(H,39,42)(H,40,41)/b9-7+,11-10+/t23-,28-,29?,31+/m1/s1. The largest absolute Gasteiger partial charge is 0.495 e. The minimum atomic E-state index is -1.22. The van der Waals surface area contributed by atoms with Gasteiger partial charge in [-0.2, -0.15) is 0 Å². The van der Waals surface area contributed by atoms with E-state index in [1.807, 2.05) is 26.8 Å². The summed E-state index contributed by atoms with van der Waals surface area (Å²) in [5, 5.41) is 5.84. The molecule has 0 saturated carbocycles. The van der Waals surface area contributed by atoms with Gasteiger partial charge >= 0.3 is 11.9 Å². The molecule has 0 spiro atoms. The van der Waals surface area contributed by atoms with Crippen LogP contribution in [0.2, 0.25) is 5.02 Å². The third-order valence-corrected chi connectivity index (χ3v) is 7.99. The summed E-state index contributed by atoms with van der Waals surface area (Å²) in [5.74, 6) is -2.67. The lowest BCUT2D eigenvalue weighted by atomic mass is 9.93. The molecule has 2 amide bonds. The van der Waals surface area contributed by atoms with Gasteiger partial charge in [0, 0.05) is 25.3 Å². The molecule has 3 rings (SSSR count). The molecule has 0 aromatic heterocycles. The lowest BCUT2D eigenvalue weighted by Crippen LogP contribution is -2.51. The second-order valence-electron chi connectivity index (χ2n) is 12.7. The highest BCUT2D eigenvalue weighted by Gasteiger charge is 2.37. The maximum atomic E-state index is 13.5. The lowest BCUT2D eigenvalue weighted by Gasteiger charge is -2.29. The van der Waals surface area contributed by atoms with Crippen LogP contribution in [-0.4, -0.2) is 55.7 Å². The number of methoxy groups -OCH3 is 1. The zero-order valence-corrected chi connectivity index (χ0v) is 28.4. The fourth-order valence-corrected chi connectivity index (χ4v) is 5.06. The Morgan fingerprint density at radius 2 is 1.77 bits per heavy atom. The molecule has 2 aromatic carbocycles. The van der Waals surface area contributed by atoms with Gasteiger partial charge < -0.3 is 24.8 Å². The van der Waals surface area contributed by atoms with Crippen molar-refractivity contribution in [3.05, 3.63) is 82.7 Å². The Labute approximate surface area is 280 Å². The molecule has 0 bridgehead atoms. The summed E-state index contributed by atoms with van der Waals surface area (Å²) in [6.45, 7) is 8.72. The van der Waals surface area contributed by atoms with E-state index in [9.17, 15) is 23.6 Å². The predicted molar refractivity (Wildman–Crippen MR) is 178 cm³/mol. The summed E-state index contributed by atoms with van der Waals surface area (Å²) in [5.41, 5.74) is 0.215. The van der Waals surface area contributed by atoms with Crippen LogP contribution in [0.15, 0.2) is 60.7 Å². The quantitative estimate of drug-likeness (QED) is 0.339. The average molecular weight is 671 g/mol. The number of esters is 2. The van der Waals surface area contributed by atoms with Crippen molar-refractivity contribution in [2.24, 2.45) is 17.3 Å². The molecular weight excluding hydrogens is 627 g/mol. The maximum Gasteiger partial charge on any atom is 0.347 e. The molecule has 0 aliphatic carbocycles. The molecule has 9 nitrogen and oxygen atoms in total. The second-order valence-corrected chi connectivity index (χ2v) is 13.1. The summed E-state index contributed by atoms with van der Waals surface area (Å²) >= 11 is 6.30. The van der Waals surface area contributed by atoms with Crippen molar-refractivity contribution in [3.8, 4) is 5.75 Å². The highest BCUT2D eigenvalue weighted by atomic mass is 35.5. The first-order chi connectivity index (χ1) is 22.2. The molecule has 0 radical (unpaired) electrons. The number of amides is 2. The number of halogens is 2. The van der Waals surface area contributed by atoms with E-state index in [-0.39, 0.29) is 43.5 Å². The van der Waals surface area contributed by atoms with Crippen molar-refractivity contribution in [1.82, 2.24) is 10.6 Å². The number of hydrogen-bond acceptors (Lipinski definition) is 7. The molecule has 254 valence electrons. The zero-order valence-electron chi connectivity index (χ0n) is 27.7.